The average molecular weight is 486 g/mol. The topological polar surface area (TPSA) is 72.2 Å². The van der Waals surface area contributed by atoms with Crippen LogP contribution in [0.3, 0.4) is 0 Å². The van der Waals surface area contributed by atoms with Gasteiger partial charge in [0.1, 0.15) is 0 Å². The number of benzene rings is 3. The second kappa shape index (κ2) is 10.4. The quantitative estimate of drug-likeness (QED) is 0.197. The van der Waals surface area contributed by atoms with E-state index in [1.165, 1.54) is 22.7 Å². The van der Waals surface area contributed by atoms with Crippen LogP contribution in [-0.4, -0.2) is 32.1 Å². The van der Waals surface area contributed by atoms with E-state index in [0.717, 1.165) is 28.0 Å². The Balaban J connectivity index is 1.40. The van der Waals surface area contributed by atoms with Crippen molar-refractivity contribution >= 4 is 34.2 Å². The first-order valence-corrected chi connectivity index (χ1v) is 12.7. The number of nitrogens with one attached hydrogen (secondary N) is 1. The van der Waals surface area contributed by atoms with Gasteiger partial charge in [-0.3, -0.25) is 4.79 Å². The predicted molar refractivity (Wildman–Crippen MR) is 145 cm³/mol. The number of carbonyl (C=O) groups excluding carboxylic acids is 1. The monoisotopic (exact) mass is 485 g/mol. The third-order valence-electron chi connectivity index (χ3n) is 5.89. The van der Waals surface area contributed by atoms with E-state index in [0.29, 0.717) is 11.7 Å². The lowest BCUT2D eigenvalue weighted by Crippen LogP contribution is -2.21. The van der Waals surface area contributed by atoms with Gasteiger partial charge >= 0.3 is 0 Å². The molecule has 1 heterocycles. The van der Waals surface area contributed by atoms with Crippen molar-refractivity contribution in [1.82, 2.24) is 20.2 Å². The zero-order valence-electron chi connectivity index (χ0n) is 20.9. The SMILES string of the molecule is CCn1c(SCC(=O)N/N=C(\C)c2ccc3ccccc3c2)nnc1-c1ccc(C(C)(C)C)cc1. The van der Waals surface area contributed by atoms with E-state index in [4.69, 9.17) is 0 Å². The molecule has 0 saturated heterocycles. The van der Waals surface area contributed by atoms with Crippen LogP contribution in [0.5, 0.6) is 0 Å². The molecule has 0 radical (unpaired) electrons. The molecule has 0 aliphatic rings. The number of fused-ring (bicyclic) bond motifs is 1. The van der Waals surface area contributed by atoms with Gasteiger partial charge < -0.3 is 4.57 Å². The van der Waals surface area contributed by atoms with E-state index in [9.17, 15) is 4.79 Å². The Morgan fingerprint density at radius 3 is 2.40 bits per heavy atom. The summed E-state index contributed by atoms with van der Waals surface area (Å²) in [7, 11) is 0. The standard InChI is InChI=1S/C28H31N5OS/c1-6-33-26(21-13-15-24(16-14-21)28(3,4)5)31-32-27(33)35-18-25(34)30-29-19(2)22-12-11-20-9-7-8-10-23(20)17-22/h7-17H,6,18H2,1-5H3,(H,30,34)/b29-19+. The fourth-order valence-corrected chi connectivity index (χ4v) is 4.60. The second-order valence-corrected chi connectivity index (χ2v) is 10.4. The van der Waals surface area contributed by atoms with Crippen LogP contribution >= 0.6 is 11.8 Å². The number of aromatic nitrogens is 3. The molecule has 3 aromatic carbocycles. The number of thioether (sulfide) groups is 1. The summed E-state index contributed by atoms with van der Waals surface area (Å²) in [6.45, 7) is 11.3. The molecule has 0 bridgehead atoms. The van der Waals surface area contributed by atoms with E-state index < -0.39 is 0 Å². The maximum atomic E-state index is 12.5. The molecule has 0 atom stereocenters. The number of hydrogen-bond acceptors (Lipinski definition) is 5. The summed E-state index contributed by atoms with van der Waals surface area (Å²) in [5.74, 6) is 0.827. The number of carbonyl (C=O) groups is 1. The Labute approximate surface area is 210 Å². The predicted octanol–water partition coefficient (Wildman–Crippen LogP) is 6.05. The Kier molecular flexibility index (Phi) is 7.36. The number of nitrogens with zero attached hydrogens (tertiary/aromatic N) is 4. The highest BCUT2D eigenvalue weighted by atomic mass is 32.2. The van der Waals surface area contributed by atoms with Crippen molar-refractivity contribution in [2.75, 3.05) is 5.75 Å². The van der Waals surface area contributed by atoms with Crippen molar-refractivity contribution in [3.05, 3.63) is 77.9 Å². The van der Waals surface area contributed by atoms with E-state index >= 15 is 0 Å². The molecule has 0 fully saturated rings. The summed E-state index contributed by atoms with van der Waals surface area (Å²) >= 11 is 1.36. The van der Waals surface area contributed by atoms with Crippen LogP contribution in [-0.2, 0) is 16.8 Å². The zero-order chi connectivity index (χ0) is 25.0. The first kappa shape index (κ1) is 24.7. The molecule has 1 N–H and O–H groups in total. The lowest BCUT2D eigenvalue weighted by molar-refractivity contribution is -0.118. The average Bonchev–Trinajstić information content (AvgIpc) is 3.28. The molecule has 0 saturated carbocycles. The van der Waals surface area contributed by atoms with Crippen molar-refractivity contribution < 1.29 is 4.79 Å². The number of amides is 1. The third kappa shape index (κ3) is 5.80. The van der Waals surface area contributed by atoms with Gasteiger partial charge in [0.25, 0.3) is 5.91 Å². The van der Waals surface area contributed by atoms with Gasteiger partial charge in [-0.1, -0.05) is 93.2 Å². The van der Waals surface area contributed by atoms with Gasteiger partial charge in [0.05, 0.1) is 11.5 Å². The van der Waals surface area contributed by atoms with E-state index in [1.54, 1.807) is 0 Å². The van der Waals surface area contributed by atoms with Crippen LogP contribution in [0, 0.1) is 0 Å². The summed E-state index contributed by atoms with van der Waals surface area (Å²) in [6, 6.07) is 22.8. The zero-order valence-corrected chi connectivity index (χ0v) is 21.7. The van der Waals surface area contributed by atoms with Crippen molar-refractivity contribution in [2.45, 2.75) is 51.7 Å². The molecule has 0 spiro atoms. The van der Waals surface area contributed by atoms with Gasteiger partial charge in [-0.2, -0.15) is 5.10 Å². The highest BCUT2D eigenvalue weighted by Gasteiger charge is 2.17. The van der Waals surface area contributed by atoms with E-state index in [2.05, 4.69) is 97.0 Å². The molecule has 1 amide bonds. The molecule has 4 aromatic rings. The highest BCUT2D eigenvalue weighted by Crippen LogP contribution is 2.27. The van der Waals surface area contributed by atoms with E-state index in [1.807, 2.05) is 29.7 Å². The Bertz CT molecular complexity index is 1370. The van der Waals surface area contributed by atoms with Gasteiger partial charge in [0.2, 0.25) is 0 Å². The van der Waals surface area contributed by atoms with Crippen LogP contribution in [0.2, 0.25) is 0 Å². The van der Waals surface area contributed by atoms with Crippen molar-refractivity contribution in [2.24, 2.45) is 5.10 Å². The van der Waals surface area contributed by atoms with Crippen LogP contribution in [0.4, 0.5) is 0 Å². The van der Waals surface area contributed by atoms with Crippen LogP contribution in [0.1, 0.15) is 45.7 Å². The molecule has 180 valence electrons. The van der Waals surface area contributed by atoms with Crippen molar-refractivity contribution in [1.29, 1.82) is 0 Å². The molecular formula is C28H31N5OS. The molecule has 1 aromatic heterocycles. The van der Waals surface area contributed by atoms with Gasteiger partial charge in [0.15, 0.2) is 11.0 Å². The smallest absolute Gasteiger partial charge is 0.250 e. The first-order valence-electron chi connectivity index (χ1n) is 11.8. The fourth-order valence-electron chi connectivity index (χ4n) is 3.80. The Morgan fingerprint density at radius 1 is 1.00 bits per heavy atom. The van der Waals surface area contributed by atoms with E-state index in [-0.39, 0.29) is 17.1 Å². The normalized spacial score (nSPS) is 12.2. The fraction of sp³-hybridized carbons (Fsp3) is 0.286. The largest absolute Gasteiger partial charge is 0.302 e. The molecule has 0 unspecified atom stereocenters. The maximum absolute atomic E-state index is 12.5. The summed E-state index contributed by atoms with van der Waals surface area (Å²) in [6.07, 6.45) is 0. The van der Waals surface area contributed by atoms with Gasteiger partial charge in [-0.25, -0.2) is 5.43 Å². The number of rotatable bonds is 7. The summed E-state index contributed by atoms with van der Waals surface area (Å²) in [5.41, 5.74) is 6.78. The van der Waals surface area contributed by atoms with Gasteiger partial charge in [-0.15, -0.1) is 10.2 Å². The molecule has 6 nitrogen and oxygen atoms in total. The minimum absolute atomic E-state index is 0.0977. The lowest BCUT2D eigenvalue weighted by Gasteiger charge is -2.19. The summed E-state index contributed by atoms with van der Waals surface area (Å²) < 4.78 is 2.04. The third-order valence-corrected chi connectivity index (χ3v) is 6.86. The summed E-state index contributed by atoms with van der Waals surface area (Å²) in [5, 5.41) is 16.1. The van der Waals surface area contributed by atoms with Gasteiger partial charge in [-0.05, 0) is 47.2 Å². The lowest BCUT2D eigenvalue weighted by atomic mass is 9.87. The minimum Gasteiger partial charge on any atom is -0.302 e. The van der Waals surface area contributed by atoms with Crippen LogP contribution < -0.4 is 5.43 Å². The summed E-state index contributed by atoms with van der Waals surface area (Å²) in [4.78, 5) is 12.5. The Hall–Kier alpha value is -3.45. The first-order chi connectivity index (χ1) is 16.8. The van der Waals surface area contributed by atoms with Crippen molar-refractivity contribution in [3.63, 3.8) is 0 Å². The Morgan fingerprint density at radius 2 is 1.71 bits per heavy atom. The maximum Gasteiger partial charge on any atom is 0.250 e. The molecule has 7 heteroatoms. The molecule has 4 rings (SSSR count). The van der Waals surface area contributed by atoms with Crippen LogP contribution in [0.25, 0.3) is 22.2 Å². The molecule has 0 aliphatic carbocycles. The van der Waals surface area contributed by atoms with Crippen LogP contribution in [0.15, 0.2) is 77.0 Å². The number of hydrogen-bond donors (Lipinski definition) is 1. The molecule has 0 aliphatic heterocycles. The number of hydrazone groups is 1. The molecule has 35 heavy (non-hydrogen) atoms. The minimum atomic E-state index is -0.183. The molecular weight excluding hydrogens is 454 g/mol. The second-order valence-electron chi connectivity index (χ2n) is 9.46. The van der Waals surface area contributed by atoms with Crippen molar-refractivity contribution in [3.8, 4) is 11.4 Å². The van der Waals surface area contributed by atoms with Gasteiger partial charge in [0, 0.05) is 12.1 Å². The highest BCUT2D eigenvalue weighted by molar-refractivity contribution is 7.99.